The minimum absolute atomic E-state index is 0.0685. The number of nitrogens with zero attached hydrogens (tertiary/aromatic N) is 2. The lowest BCUT2D eigenvalue weighted by molar-refractivity contribution is 0.305. The number of sulfonamides is 1. The summed E-state index contributed by atoms with van der Waals surface area (Å²) in [7, 11) is -3.74. The summed E-state index contributed by atoms with van der Waals surface area (Å²) >= 11 is 0. The lowest BCUT2D eigenvalue weighted by atomic mass is 10.2. The average molecular weight is 307 g/mol. The van der Waals surface area contributed by atoms with Crippen molar-refractivity contribution in [3.05, 3.63) is 42.0 Å². The molecular formula is C13H13N3O4S. The van der Waals surface area contributed by atoms with Crippen molar-refractivity contribution in [3.63, 3.8) is 0 Å². The van der Waals surface area contributed by atoms with Crippen molar-refractivity contribution in [1.82, 2.24) is 14.9 Å². The van der Waals surface area contributed by atoms with E-state index in [0.29, 0.717) is 5.56 Å². The maximum atomic E-state index is 12.3. The second-order valence-electron chi connectivity index (χ2n) is 3.94. The van der Waals surface area contributed by atoms with Crippen molar-refractivity contribution >= 4 is 10.0 Å². The summed E-state index contributed by atoms with van der Waals surface area (Å²) in [4.78, 5) is 3.80. The second-order valence-corrected chi connectivity index (χ2v) is 5.68. The number of benzene rings is 1. The van der Waals surface area contributed by atoms with E-state index >= 15 is 0 Å². The average Bonchev–Trinajstić information content (AvgIpc) is 2.99. The molecule has 1 heterocycles. The zero-order valence-electron chi connectivity index (χ0n) is 11.0. The van der Waals surface area contributed by atoms with Crippen LogP contribution in [0.25, 0.3) is 0 Å². The van der Waals surface area contributed by atoms with Gasteiger partial charge in [0.2, 0.25) is 16.4 Å². The van der Waals surface area contributed by atoms with Gasteiger partial charge in [0.25, 0.3) is 0 Å². The van der Waals surface area contributed by atoms with Gasteiger partial charge in [-0.15, -0.1) is 0 Å². The van der Waals surface area contributed by atoms with E-state index in [2.05, 4.69) is 31.2 Å². The normalized spacial score (nSPS) is 10.9. The van der Waals surface area contributed by atoms with Crippen molar-refractivity contribution in [3.8, 4) is 11.8 Å². The van der Waals surface area contributed by atoms with Crippen LogP contribution in [0.4, 0.5) is 0 Å². The number of aromatic nitrogens is 2. The molecule has 110 valence electrons. The van der Waals surface area contributed by atoms with Gasteiger partial charge in [-0.05, 0) is 12.1 Å². The van der Waals surface area contributed by atoms with Crippen LogP contribution in [0.2, 0.25) is 0 Å². The lowest BCUT2D eigenvalue weighted by Gasteiger charge is -2.06. The van der Waals surface area contributed by atoms with Crippen LogP contribution in [0.3, 0.4) is 0 Å². The molecule has 1 aromatic carbocycles. The fourth-order valence-corrected chi connectivity index (χ4v) is 2.67. The highest BCUT2D eigenvalue weighted by Gasteiger charge is 2.17. The first-order chi connectivity index (χ1) is 10.1. The Morgan fingerprint density at radius 2 is 2.14 bits per heavy atom. The predicted octanol–water partition coefficient (Wildman–Crippen LogP) is 0.282. The van der Waals surface area contributed by atoms with Crippen LogP contribution >= 0.6 is 0 Å². The Labute approximate surface area is 122 Å². The monoisotopic (exact) mass is 307 g/mol. The van der Waals surface area contributed by atoms with Crippen molar-refractivity contribution in [1.29, 1.82) is 0 Å². The Kier molecular flexibility index (Phi) is 5.05. The van der Waals surface area contributed by atoms with E-state index in [1.165, 1.54) is 6.07 Å². The molecular weight excluding hydrogens is 294 g/mol. The molecule has 0 saturated heterocycles. The molecule has 0 spiro atoms. The molecule has 0 amide bonds. The molecule has 2 rings (SSSR count). The van der Waals surface area contributed by atoms with Gasteiger partial charge in [0.05, 0.1) is 18.0 Å². The van der Waals surface area contributed by atoms with Crippen LogP contribution in [-0.4, -0.2) is 30.3 Å². The van der Waals surface area contributed by atoms with Crippen LogP contribution in [-0.2, 0) is 16.6 Å². The number of aliphatic hydroxyl groups is 1. The molecule has 0 atom stereocenters. The van der Waals surface area contributed by atoms with Crippen molar-refractivity contribution in [2.45, 2.75) is 17.9 Å². The van der Waals surface area contributed by atoms with Crippen LogP contribution < -0.4 is 4.72 Å². The van der Waals surface area contributed by atoms with Crippen LogP contribution in [0.15, 0.2) is 40.1 Å². The highest BCUT2D eigenvalue weighted by Crippen LogP contribution is 2.14. The summed E-state index contributed by atoms with van der Waals surface area (Å²) in [5, 5.41) is 12.2. The highest BCUT2D eigenvalue weighted by molar-refractivity contribution is 7.89. The number of hydrogen-bond acceptors (Lipinski definition) is 6. The molecule has 8 heteroatoms. The molecule has 7 nitrogen and oxygen atoms in total. The predicted molar refractivity (Wildman–Crippen MR) is 73.3 cm³/mol. The van der Waals surface area contributed by atoms with Gasteiger partial charge in [-0.3, -0.25) is 0 Å². The van der Waals surface area contributed by atoms with Gasteiger partial charge in [-0.25, -0.2) is 13.1 Å². The summed E-state index contributed by atoms with van der Waals surface area (Å²) < 4.78 is 31.4. The van der Waals surface area contributed by atoms with Gasteiger partial charge in [-0.2, -0.15) is 4.98 Å². The zero-order chi connectivity index (χ0) is 15.1. The minimum atomic E-state index is -3.74. The van der Waals surface area contributed by atoms with Gasteiger partial charge in [0.1, 0.15) is 0 Å². The first-order valence-corrected chi connectivity index (χ1v) is 7.55. The molecule has 21 heavy (non-hydrogen) atoms. The van der Waals surface area contributed by atoms with Gasteiger partial charge in [0, 0.05) is 12.0 Å². The Morgan fingerprint density at radius 1 is 1.33 bits per heavy atom. The number of rotatable bonds is 5. The Balaban J connectivity index is 2.21. The molecule has 0 aliphatic carbocycles. The summed E-state index contributed by atoms with van der Waals surface area (Å²) in [6.07, 6.45) is 1.41. The second kappa shape index (κ2) is 6.99. The molecule has 2 N–H and O–H groups in total. The largest absolute Gasteiger partial charge is 0.395 e. The number of nitrogens with one attached hydrogen (secondary N) is 1. The maximum Gasteiger partial charge on any atom is 0.242 e. The van der Waals surface area contributed by atoms with Gasteiger partial charge in [-0.1, -0.05) is 29.1 Å². The quantitative estimate of drug-likeness (QED) is 0.769. The first-order valence-electron chi connectivity index (χ1n) is 6.07. The topological polar surface area (TPSA) is 105 Å². The number of hydrogen-bond donors (Lipinski definition) is 2. The van der Waals surface area contributed by atoms with Crippen molar-refractivity contribution in [2.24, 2.45) is 0 Å². The highest BCUT2D eigenvalue weighted by atomic mass is 32.2. The molecule has 0 bridgehead atoms. The molecule has 1 aromatic heterocycles. The molecule has 0 saturated carbocycles. The Hall–Kier alpha value is -2.21. The van der Waals surface area contributed by atoms with E-state index < -0.39 is 10.0 Å². The summed E-state index contributed by atoms with van der Waals surface area (Å²) in [6.45, 7) is -0.144. The van der Waals surface area contributed by atoms with Crippen LogP contribution in [0.1, 0.15) is 17.8 Å². The van der Waals surface area contributed by atoms with E-state index in [1.807, 2.05) is 0 Å². The minimum Gasteiger partial charge on any atom is -0.395 e. The van der Waals surface area contributed by atoms with Gasteiger partial charge < -0.3 is 9.63 Å². The molecule has 0 unspecified atom stereocenters. The van der Waals surface area contributed by atoms with Gasteiger partial charge in [0.15, 0.2) is 5.82 Å². The van der Waals surface area contributed by atoms with E-state index in [9.17, 15) is 8.42 Å². The Morgan fingerprint density at radius 3 is 2.86 bits per heavy atom. The third kappa shape index (κ3) is 4.13. The molecule has 0 aliphatic rings. The molecule has 2 aromatic rings. The third-order valence-corrected chi connectivity index (χ3v) is 3.92. The number of aliphatic hydroxyl groups excluding tert-OH is 1. The van der Waals surface area contributed by atoms with Crippen molar-refractivity contribution < 1.29 is 18.0 Å². The fourth-order valence-electron chi connectivity index (χ4n) is 1.53. The van der Waals surface area contributed by atoms with Gasteiger partial charge >= 0.3 is 0 Å². The third-order valence-electron chi connectivity index (χ3n) is 2.46. The smallest absolute Gasteiger partial charge is 0.242 e. The van der Waals surface area contributed by atoms with E-state index in [1.54, 1.807) is 18.2 Å². The fraction of sp³-hybridized carbons (Fsp3) is 0.231. The summed E-state index contributed by atoms with van der Waals surface area (Å²) in [6, 6.07) is 6.37. The van der Waals surface area contributed by atoms with E-state index in [4.69, 9.17) is 5.11 Å². The van der Waals surface area contributed by atoms with Crippen LogP contribution in [0, 0.1) is 11.8 Å². The zero-order valence-corrected chi connectivity index (χ0v) is 11.8. The maximum absolute atomic E-state index is 12.3. The standard InChI is InChI=1S/C13H13N3O4S/c17-8-4-3-6-11-5-1-2-7-12(11)21(18,19)15-9-13-14-10-20-16-13/h1-2,5,7,10,15,17H,4,8-9H2. The Bertz CT molecular complexity index is 745. The molecule has 0 radical (unpaired) electrons. The molecule has 0 aliphatic heterocycles. The van der Waals surface area contributed by atoms with Crippen LogP contribution in [0.5, 0.6) is 0 Å². The summed E-state index contributed by atoms with van der Waals surface area (Å²) in [5.74, 6) is 5.67. The summed E-state index contributed by atoms with van der Waals surface area (Å²) in [5.41, 5.74) is 0.367. The van der Waals surface area contributed by atoms with E-state index in [-0.39, 0.29) is 30.3 Å². The first kappa shape index (κ1) is 15.2. The van der Waals surface area contributed by atoms with E-state index in [0.717, 1.165) is 6.39 Å². The molecule has 0 fully saturated rings. The lowest BCUT2D eigenvalue weighted by Crippen LogP contribution is -2.24. The SMILES string of the molecule is O=S(=O)(NCc1ncon1)c1ccccc1C#CCCO. The van der Waals surface area contributed by atoms with Crippen molar-refractivity contribution in [2.75, 3.05) is 6.61 Å².